The quantitative estimate of drug-likeness (QED) is 0.933. The summed E-state index contributed by atoms with van der Waals surface area (Å²) in [5.74, 6) is 2.44. The third-order valence-electron chi connectivity index (χ3n) is 5.03. The Labute approximate surface area is 129 Å². The van der Waals surface area contributed by atoms with E-state index in [4.69, 9.17) is 4.42 Å². The minimum absolute atomic E-state index is 0.170. The zero-order valence-electron chi connectivity index (χ0n) is 12.9. The van der Waals surface area contributed by atoms with Gasteiger partial charge in [0.15, 0.2) is 0 Å². The Balaban J connectivity index is 1.56. The van der Waals surface area contributed by atoms with E-state index in [9.17, 15) is 4.79 Å². The van der Waals surface area contributed by atoms with Gasteiger partial charge in [0.25, 0.3) is 0 Å². The van der Waals surface area contributed by atoms with Gasteiger partial charge in [-0.1, -0.05) is 6.07 Å². The Bertz CT molecular complexity index is 734. The van der Waals surface area contributed by atoms with Crippen molar-refractivity contribution in [3.8, 4) is 11.5 Å². The number of aryl methyl sites for hydroxylation is 2. The van der Waals surface area contributed by atoms with Crippen molar-refractivity contribution in [1.82, 2.24) is 4.98 Å². The number of amides is 1. The maximum atomic E-state index is 12.4. The number of aromatic nitrogens is 1. The number of nitrogens with zero attached hydrogens (tertiary/aromatic N) is 1. The number of anilines is 1. The van der Waals surface area contributed by atoms with Crippen molar-refractivity contribution in [2.24, 2.45) is 17.8 Å². The molecule has 4 nitrogen and oxygen atoms in total. The SMILES string of the molecule is Cc1coc(-c2cc(NC(=O)[C@@H]3CC[C@@H]4C[C@@H]43)ccc2C)n1. The smallest absolute Gasteiger partial charge is 0.227 e. The molecule has 0 bridgehead atoms. The van der Waals surface area contributed by atoms with Gasteiger partial charge in [0.1, 0.15) is 6.26 Å². The fraction of sp³-hybridized carbons (Fsp3) is 0.444. The van der Waals surface area contributed by atoms with Crippen molar-refractivity contribution in [1.29, 1.82) is 0 Å². The van der Waals surface area contributed by atoms with E-state index in [1.165, 1.54) is 12.8 Å². The van der Waals surface area contributed by atoms with Gasteiger partial charge in [-0.05, 0) is 62.6 Å². The van der Waals surface area contributed by atoms with Gasteiger partial charge >= 0.3 is 0 Å². The molecular formula is C18H20N2O2. The third kappa shape index (κ3) is 2.32. The molecule has 22 heavy (non-hydrogen) atoms. The van der Waals surface area contributed by atoms with Crippen molar-refractivity contribution < 1.29 is 9.21 Å². The molecule has 0 unspecified atom stereocenters. The van der Waals surface area contributed by atoms with Crippen molar-refractivity contribution in [3.05, 3.63) is 35.7 Å². The second-order valence-electron chi connectivity index (χ2n) is 6.66. The zero-order chi connectivity index (χ0) is 15.3. The van der Waals surface area contributed by atoms with Gasteiger partial charge in [0.05, 0.1) is 5.69 Å². The van der Waals surface area contributed by atoms with Crippen molar-refractivity contribution in [2.75, 3.05) is 5.32 Å². The molecule has 1 amide bonds. The monoisotopic (exact) mass is 296 g/mol. The summed E-state index contributed by atoms with van der Waals surface area (Å²) in [7, 11) is 0. The lowest BCUT2D eigenvalue weighted by atomic mass is 10.0. The van der Waals surface area contributed by atoms with Crippen LogP contribution < -0.4 is 5.32 Å². The van der Waals surface area contributed by atoms with E-state index in [1.54, 1.807) is 6.26 Å². The van der Waals surface area contributed by atoms with Crippen molar-refractivity contribution >= 4 is 11.6 Å². The van der Waals surface area contributed by atoms with Gasteiger partial charge in [-0.3, -0.25) is 4.79 Å². The van der Waals surface area contributed by atoms with Crippen LogP contribution in [0.15, 0.2) is 28.9 Å². The lowest BCUT2D eigenvalue weighted by Gasteiger charge is -2.13. The Morgan fingerprint density at radius 2 is 2.18 bits per heavy atom. The maximum Gasteiger partial charge on any atom is 0.227 e. The number of fused-ring (bicyclic) bond motifs is 1. The van der Waals surface area contributed by atoms with E-state index < -0.39 is 0 Å². The van der Waals surface area contributed by atoms with E-state index >= 15 is 0 Å². The number of carbonyl (C=O) groups is 1. The van der Waals surface area contributed by atoms with Crippen LogP contribution >= 0.6 is 0 Å². The Kier molecular flexibility index (Phi) is 3.06. The number of nitrogens with one attached hydrogen (secondary N) is 1. The third-order valence-corrected chi connectivity index (χ3v) is 5.03. The van der Waals surface area contributed by atoms with Crippen LogP contribution in [0.4, 0.5) is 5.69 Å². The van der Waals surface area contributed by atoms with Gasteiger partial charge < -0.3 is 9.73 Å². The molecule has 0 spiro atoms. The number of rotatable bonds is 3. The van der Waals surface area contributed by atoms with Crippen LogP contribution in [-0.2, 0) is 4.79 Å². The first-order chi connectivity index (χ1) is 10.6. The van der Waals surface area contributed by atoms with Crippen LogP contribution in [0.3, 0.4) is 0 Å². The van der Waals surface area contributed by atoms with Crippen LogP contribution in [0.2, 0.25) is 0 Å². The molecule has 2 fully saturated rings. The van der Waals surface area contributed by atoms with E-state index in [0.29, 0.717) is 11.8 Å². The molecule has 1 aromatic carbocycles. The normalized spacial score (nSPS) is 25.8. The van der Waals surface area contributed by atoms with Gasteiger partial charge in [-0.15, -0.1) is 0 Å². The fourth-order valence-electron chi connectivity index (χ4n) is 3.67. The molecular weight excluding hydrogens is 276 g/mol. The Morgan fingerprint density at radius 1 is 1.32 bits per heavy atom. The van der Waals surface area contributed by atoms with E-state index in [1.807, 2.05) is 32.0 Å². The van der Waals surface area contributed by atoms with E-state index in [2.05, 4.69) is 10.3 Å². The largest absolute Gasteiger partial charge is 0.444 e. The highest BCUT2D eigenvalue weighted by Gasteiger charge is 2.50. The van der Waals surface area contributed by atoms with Crippen LogP contribution in [0.5, 0.6) is 0 Å². The number of carbonyl (C=O) groups excluding carboxylic acids is 1. The van der Waals surface area contributed by atoms with Gasteiger partial charge in [0, 0.05) is 17.2 Å². The molecule has 0 radical (unpaired) electrons. The lowest BCUT2D eigenvalue weighted by molar-refractivity contribution is -0.120. The number of hydrogen-bond acceptors (Lipinski definition) is 3. The van der Waals surface area contributed by atoms with Gasteiger partial charge in [-0.2, -0.15) is 0 Å². The molecule has 4 heteroatoms. The first kappa shape index (κ1) is 13.6. The second kappa shape index (κ2) is 4.97. The molecule has 2 aromatic rings. The van der Waals surface area contributed by atoms with Gasteiger partial charge in [0.2, 0.25) is 11.8 Å². The standard InChI is InChI=1S/C18H20N2O2/c1-10-3-5-13(8-15(10)18-19-11(2)9-22-18)20-17(21)14-6-4-12-7-16(12)14/h3,5,8-9,12,14,16H,4,6-7H2,1-2H3,(H,20,21)/t12-,14-,16+/m1/s1. The summed E-state index contributed by atoms with van der Waals surface area (Å²) in [4.78, 5) is 16.8. The summed E-state index contributed by atoms with van der Waals surface area (Å²) in [5.41, 5.74) is 3.70. The number of benzene rings is 1. The molecule has 1 aromatic heterocycles. The molecule has 1 heterocycles. The zero-order valence-corrected chi connectivity index (χ0v) is 12.9. The predicted molar refractivity (Wildman–Crippen MR) is 84.4 cm³/mol. The van der Waals surface area contributed by atoms with Crippen molar-refractivity contribution in [3.63, 3.8) is 0 Å². The highest BCUT2D eigenvalue weighted by atomic mass is 16.3. The first-order valence-electron chi connectivity index (χ1n) is 7.96. The van der Waals surface area contributed by atoms with Crippen LogP contribution in [0.25, 0.3) is 11.5 Å². The average Bonchev–Trinajstić information content (AvgIpc) is 2.93. The Hall–Kier alpha value is -2.10. The van der Waals surface area contributed by atoms with Gasteiger partial charge in [-0.25, -0.2) is 4.98 Å². The number of oxazole rings is 1. The highest BCUT2D eigenvalue weighted by molar-refractivity contribution is 5.94. The van der Waals surface area contributed by atoms with Crippen LogP contribution in [-0.4, -0.2) is 10.9 Å². The minimum Gasteiger partial charge on any atom is -0.444 e. The summed E-state index contributed by atoms with van der Waals surface area (Å²) in [6, 6.07) is 5.91. The molecule has 114 valence electrons. The minimum atomic E-state index is 0.170. The predicted octanol–water partition coefficient (Wildman–Crippen LogP) is 3.94. The summed E-state index contributed by atoms with van der Waals surface area (Å²) in [6.07, 6.45) is 5.15. The summed E-state index contributed by atoms with van der Waals surface area (Å²) in [6.45, 7) is 3.92. The molecule has 2 aliphatic rings. The fourth-order valence-corrected chi connectivity index (χ4v) is 3.67. The summed E-state index contributed by atoms with van der Waals surface area (Å²) in [5, 5.41) is 3.08. The molecule has 1 N–H and O–H groups in total. The Morgan fingerprint density at radius 3 is 2.82 bits per heavy atom. The molecule has 2 aliphatic carbocycles. The highest BCUT2D eigenvalue weighted by Crippen LogP contribution is 2.55. The molecule has 2 saturated carbocycles. The average molecular weight is 296 g/mol. The maximum absolute atomic E-state index is 12.4. The van der Waals surface area contributed by atoms with E-state index in [-0.39, 0.29) is 11.8 Å². The van der Waals surface area contributed by atoms with Crippen molar-refractivity contribution in [2.45, 2.75) is 33.1 Å². The van der Waals surface area contributed by atoms with E-state index in [0.717, 1.165) is 34.8 Å². The second-order valence-corrected chi connectivity index (χ2v) is 6.66. The topological polar surface area (TPSA) is 55.1 Å². The summed E-state index contributed by atoms with van der Waals surface area (Å²) < 4.78 is 5.49. The number of hydrogen-bond donors (Lipinski definition) is 1. The van der Waals surface area contributed by atoms with Crippen LogP contribution in [0.1, 0.15) is 30.5 Å². The lowest BCUT2D eigenvalue weighted by Crippen LogP contribution is -2.22. The summed E-state index contributed by atoms with van der Waals surface area (Å²) >= 11 is 0. The molecule has 0 aliphatic heterocycles. The van der Waals surface area contributed by atoms with Crippen LogP contribution in [0, 0.1) is 31.6 Å². The molecule has 0 saturated heterocycles. The first-order valence-corrected chi connectivity index (χ1v) is 7.96. The molecule has 3 atom stereocenters. The molecule has 4 rings (SSSR count).